The summed E-state index contributed by atoms with van der Waals surface area (Å²) in [5, 5.41) is 10.5. The van der Waals surface area contributed by atoms with E-state index in [1.807, 2.05) is 18.2 Å². The molecule has 12 heteroatoms. The van der Waals surface area contributed by atoms with Crippen molar-refractivity contribution < 1.29 is 17.6 Å². The first kappa shape index (κ1) is 21.1. The van der Waals surface area contributed by atoms with Gasteiger partial charge in [0.05, 0.1) is 10.6 Å². The minimum absolute atomic E-state index is 0.00287. The fourth-order valence-corrected chi connectivity index (χ4v) is 4.26. The van der Waals surface area contributed by atoms with Crippen LogP contribution in [0.5, 0.6) is 0 Å². The number of nitrogens with one attached hydrogen (secondary N) is 2. The average Bonchev–Trinajstić information content (AvgIpc) is 3.17. The third kappa shape index (κ3) is 5.32. The Morgan fingerprint density at radius 1 is 1.03 bits per heavy atom. The van der Waals surface area contributed by atoms with Crippen molar-refractivity contribution in [1.82, 2.24) is 15.2 Å². The van der Waals surface area contributed by atoms with E-state index in [-0.39, 0.29) is 27.5 Å². The fourth-order valence-electron chi connectivity index (χ4n) is 2.52. The van der Waals surface area contributed by atoms with Crippen LogP contribution in [-0.2, 0) is 14.8 Å². The Hall–Kier alpha value is -3.15. The Morgan fingerprint density at radius 3 is 2.52 bits per heavy atom. The number of benzene rings is 2. The summed E-state index contributed by atoms with van der Waals surface area (Å²) < 4.78 is 32.7. The number of hydrogen-bond donors (Lipinski definition) is 2. The van der Waals surface area contributed by atoms with Crippen molar-refractivity contribution in [3.63, 3.8) is 0 Å². The number of sulfonamides is 1. The Labute approximate surface area is 186 Å². The number of halogens is 1. The smallest absolute Gasteiger partial charge is 0.263 e. The summed E-state index contributed by atoms with van der Waals surface area (Å²) in [5.74, 6) is -0.153. The molecule has 0 atom stereocenters. The van der Waals surface area contributed by atoms with Crippen LogP contribution in [-0.4, -0.2) is 35.3 Å². The molecule has 0 aliphatic heterocycles. The maximum atomic E-state index is 12.4. The Morgan fingerprint density at radius 2 is 1.81 bits per heavy atom. The van der Waals surface area contributed by atoms with Crippen molar-refractivity contribution in [2.45, 2.75) is 10.1 Å². The predicted octanol–water partition coefficient (Wildman–Crippen LogP) is 3.80. The lowest BCUT2D eigenvalue weighted by molar-refractivity contribution is -0.113. The molecule has 4 aromatic rings. The van der Waals surface area contributed by atoms with Crippen LogP contribution < -0.4 is 10.0 Å². The van der Waals surface area contributed by atoms with E-state index in [0.29, 0.717) is 16.5 Å². The van der Waals surface area contributed by atoms with E-state index in [9.17, 15) is 13.2 Å². The lowest BCUT2D eigenvalue weighted by Crippen LogP contribution is -2.15. The van der Waals surface area contributed by atoms with Gasteiger partial charge in [-0.1, -0.05) is 35.5 Å². The number of carbonyl (C=O) groups excluding carboxylic acids is 1. The molecule has 0 aliphatic carbocycles. The third-order valence-corrected chi connectivity index (χ3v) is 6.32. The number of nitrogens with zero attached hydrogens (tertiary/aromatic N) is 3. The molecule has 2 heterocycles. The summed E-state index contributed by atoms with van der Waals surface area (Å²) in [4.78, 5) is 16.5. The second-order valence-electron chi connectivity index (χ2n) is 6.16. The molecular formula is C19H14ClN5O4S2. The molecule has 0 spiro atoms. The maximum Gasteiger partial charge on any atom is 0.263 e. The molecule has 0 saturated heterocycles. The van der Waals surface area contributed by atoms with Gasteiger partial charge in [-0.3, -0.25) is 9.52 Å². The van der Waals surface area contributed by atoms with E-state index in [4.69, 9.17) is 16.0 Å². The van der Waals surface area contributed by atoms with Crippen LogP contribution >= 0.6 is 23.4 Å². The van der Waals surface area contributed by atoms with Crippen LogP contribution in [0, 0.1) is 0 Å². The quantitative estimate of drug-likeness (QED) is 0.386. The topological polar surface area (TPSA) is 127 Å². The first-order valence-electron chi connectivity index (χ1n) is 8.79. The van der Waals surface area contributed by atoms with Crippen LogP contribution in [0.2, 0.25) is 5.15 Å². The zero-order valence-corrected chi connectivity index (χ0v) is 18.0. The number of oxazole rings is 1. The number of amides is 1. The monoisotopic (exact) mass is 475 g/mol. The van der Waals surface area contributed by atoms with E-state index in [1.54, 1.807) is 6.07 Å². The van der Waals surface area contributed by atoms with Crippen molar-refractivity contribution >= 4 is 61.9 Å². The molecular weight excluding hydrogens is 462 g/mol. The zero-order chi connectivity index (χ0) is 21.8. The molecule has 4 rings (SSSR count). The van der Waals surface area contributed by atoms with E-state index in [2.05, 4.69) is 25.2 Å². The fraction of sp³-hybridized carbons (Fsp3) is 0.0526. The molecule has 9 nitrogen and oxygen atoms in total. The molecule has 0 saturated carbocycles. The maximum absolute atomic E-state index is 12.4. The number of para-hydroxylation sites is 2. The number of aromatic nitrogens is 3. The largest absolute Gasteiger partial charge is 0.431 e. The van der Waals surface area contributed by atoms with Gasteiger partial charge in [-0.25, -0.2) is 13.4 Å². The summed E-state index contributed by atoms with van der Waals surface area (Å²) in [5.41, 5.74) is 1.83. The van der Waals surface area contributed by atoms with Gasteiger partial charge in [-0.05, 0) is 48.5 Å². The number of rotatable bonds is 7. The van der Waals surface area contributed by atoms with Gasteiger partial charge >= 0.3 is 0 Å². The van der Waals surface area contributed by atoms with Gasteiger partial charge in [0, 0.05) is 5.69 Å². The van der Waals surface area contributed by atoms with Crippen molar-refractivity contribution in [1.29, 1.82) is 0 Å². The van der Waals surface area contributed by atoms with Crippen molar-refractivity contribution in [2.75, 3.05) is 15.8 Å². The van der Waals surface area contributed by atoms with E-state index < -0.39 is 10.0 Å². The highest BCUT2D eigenvalue weighted by Crippen LogP contribution is 2.23. The highest BCUT2D eigenvalue weighted by Gasteiger charge is 2.16. The predicted molar refractivity (Wildman–Crippen MR) is 118 cm³/mol. The van der Waals surface area contributed by atoms with Crippen LogP contribution in [0.3, 0.4) is 0 Å². The first-order chi connectivity index (χ1) is 14.9. The molecule has 2 aromatic heterocycles. The summed E-state index contributed by atoms with van der Waals surface area (Å²) in [6.45, 7) is 0. The molecule has 2 aromatic carbocycles. The summed E-state index contributed by atoms with van der Waals surface area (Å²) >= 11 is 6.80. The summed E-state index contributed by atoms with van der Waals surface area (Å²) in [6.07, 6.45) is 0. The standard InChI is InChI=1S/C19H14ClN5O4S2/c20-16-9-10-17(24-23-16)25-31(27,28)13-7-5-12(6-8-13)21-18(26)11-30-19-22-14-3-1-2-4-15(14)29-19/h1-10H,11H2,(H,21,26)(H,24,25). The van der Waals surface area contributed by atoms with Crippen molar-refractivity contribution in [3.05, 3.63) is 65.8 Å². The number of carbonyl (C=O) groups is 1. The van der Waals surface area contributed by atoms with Crippen LogP contribution in [0.1, 0.15) is 0 Å². The van der Waals surface area contributed by atoms with E-state index in [1.165, 1.54) is 48.2 Å². The molecule has 1 amide bonds. The Bertz CT molecular complexity index is 1290. The van der Waals surface area contributed by atoms with Crippen LogP contribution in [0.4, 0.5) is 11.5 Å². The second-order valence-corrected chi connectivity index (χ2v) is 9.15. The lowest BCUT2D eigenvalue weighted by Gasteiger charge is -2.08. The first-order valence-corrected chi connectivity index (χ1v) is 11.6. The number of hydrogen-bond acceptors (Lipinski definition) is 8. The molecule has 158 valence electrons. The number of thioether (sulfide) groups is 1. The van der Waals surface area contributed by atoms with Gasteiger partial charge < -0.3 is 9.73 Å². The second kappa shape index (κ2) is 8.92. The van der Waals surface area contributed by atoms with Crippen LogP contribution in [0.25, 0.3) is 11.1 Å². The SMILES string of the molecule is O=C(CSc1nc2ccccc2o1)Nc1ccc(S(=O)(=O)Nc2ccc(Cl)nn2)cc1. The molecule has 0 unspecified atom stereocenters. The average molecular weight is 476 g/mol. The number of fused-ring (bicyclic) bond motifs is 1. The Kier molecular flexibility index (Phi) is 6.07. The normalized spacial score (nSPS) is 11.4. The lowest BCUT2D eigenvalue weighted by atomic mass is 10.3. The minimum atomic E-state index is -3.86. The molecule has 2 N–H and O–H groups in total. The van der Waals surface area contributed by atoms with Gasteiger partial charge in [0.15, 0.2) is 16.6 Å². The molecule has 0 aliphatic rings. The summed E-state index contributed by atoms with van der Waals surface area (Å²) in [6, 6.07) is 15.9. The Balaban J connectivity index is 1.35. The van der Waals surface area contributed by atoms with Crippen molar-refractivity contribution in [3.8, 4) is 0 Å². The van der Waals surface area contributed by atoms with Gasteiger partial charge in [0.2, 0.25) is 5.91 Å². The van der Waals surface area contributed by atoms with E-state index in [0.717, 1.165) is 5.52 Å². The minimum Gasteiger partial charge on any atom is -0.431 e. The highest BCUT2D eigenvalue weighted by atomic mass is 35.5. The van der Waals surface area contributed by atoms with Gasteiger partial charge in [0.25, 0.3) is 15.2 Å². The molecule has 0 bridgehead atoms. The van der Waals surface area contributed by atoms with Gasteiger partial charge in [-0.15, -0.1) is 10.2 Å². The van der Waals surface area contributed by atoms with E-state index >= 15 is 0 Å². The van der Waals surface area contributed by atoms with Crippen LogP contribution in [0.15, 0.2) is 75.2 Å². The van der Waals surface area contributed by atoms with Crippen molar-refractivity contribution in [2.24, 2.45) is 0 Å². The van der Waals surface area contributed by atoms with Gasteiger partial charge in [0.1, 0.15) is 5.52 Å². The highest BCUT2D eigenvalue weighted by molar-refractivity contribution is 7.99. The summed E-state index contributed by atoms with van der Waals surface area (Å²) in [7, 11) is -3.86. The van der Waals surface area contributed by atoms with Gasteiger partial charge in [-0.2, -0.15) is 0 Å². The number of anilines is 2. The molecule has 0 fully saturated rings. The molecule has 0 radical (unpaired) electrons. The molecule has 31 heavy (non-hydrogen) atoms. The zero-order valence-electron chi connectivity index (χ0n) is 15.6. The third-order valence-electron chi connectivity index (χ3n) is 3.92.